The summed E-state index contributed by atoms with van der Waals surface area (Å²) in [6.45, 7) is 0. The zero-order valence-corrected chi connectivity index (χ0v) is 11.7. The van der Waals surface area contributed by atoms with Crippen molar-refractivity contribution >= 4 is 40.7 Å². The van der Waals surface area contributed by atoms with Crippen molar-refractivity contribution in [3.8, 4) is 0 Å². The van der Waals surface area contributed by atoms with Crippen LogP contribution < -0.4 is 5.32 Å². The van der Waals surface area contributed by atoms with E-state index < -0.39 is 5.97 Å². The van der Waals surface area contributed by atoms with E-state index in [-0.39, 0.29) is 23.9 Å². The molecule has 0 unspecified atom stereocenters. The SMILES string of the molecule is O=C1C[C@H](c2ccc(Cl)cc2)c2snc(C(=O)O)c2N1. The first-order valence-corrected chi connectivity index (χ1v) is 6.99. The van der Waals surface area contributed by atoms with Gasteiger partial charge in [-0.25, -0.2) is 4.79 Å². The molecule has 1 aliphatic heterocycles. The van der Waals surface area contributed by atoms with Gasteiger partial charge in [0.05, 0.1) is 10.6 Å². The highest BCUT2D eigenvalue weighted by Gasteiger charge is 2.32. The van der Waals surface area contributed by atoms with Gasteiger partial charge in [-0.15, -0.1) is 0 Å². The molecule has 1 amide bonds. The van der Waals surface area contributed by atoms with E-state index in [1.165, 1.54) is 0 Å². The monoisotopic (exact) mass is 308 g/mol. The summed E-state index contributed by atoms with van der Waals surface area (Å²) < 4.78 is 3.93. The Morgan fingerprint density at radius 1 is 1.40 bits per heavy atom. The molecule has 20 heavy (non-hydrogen) atoms. The number of anilines is 1. The number of nitrogens with zero attached hydrogens (tertiary/aromatic N) is 1. The molecule has 0 bridgehead atoms. The van der Waals surface area contributed by atoms with E-state index in [1.54, 1.807) is 12.1 Å². The van der Waals surface area contributed by atoms with Crippen molar-refractivity contribution in [3.05, 3.63) is 45.4 Å². The second-order valence-corrected chi connectivity index (χ2v) is 5.67. The highest BCUT2D eigenvalue weighted by molar-refractivity contribution is 7.06. The Morgan fingerprint density at radius 2 is 2.10 bits per heavy atom. The molecule has 0 aliphatic carbocycles. The van der Waals surface area contributed by atoms with E-state index >= 15 is 0 Å². The number of carbonyl (C=O) groups excluding carboxylic acids is 1. The lowest BCUT2D eigenvalue weighted by molar-refractivity contribution is -0.116. The third-order valence-corrected chi connectivity index (χ3v) is 4.38. The largest absolute Gasteiger partial charge is 0.476 e. The van der Waals surface area contributed by atoms with Crippen LogP contribution in [0.3, 0.4) is 0 Å². The molecule has 0 radical (unpaired) electrons. The van der Waals surface area contributed by atoms with E-state index in [4.69, 9.17) is 16.7 Å². The van der Waals surface area contributed by atoms with Crippen molar-refractivity contribution in [1.82, 2.24) is 4.37 Å². The van der Waals surface area contributed by atoms with Crippen LogP contribution in [0, 0.1) is 0 Å². The average Bonchev–Trinajstić information content (AvgIpc) is 2.82. The lowest BCUT2D eigenvalue weighted by Gasteiger charge is -2.22. The summed E-state index contributed by atoms with van der Waals surface area (Å²) in [6, 6.07) is 7.19. The van der Waals surface area contributed by atoms with Gasteiger partial charge in [0.2, 0.25) is 5.91 Å². The van der Waals surface area contributed by atoms with Gasteiger partial charge in [0.25, 0.3) is 0 Å². The molecular weight excluding hydrogens is 300 g/mol. The summed E-state index contributed by atoms with van der Waals surface area (Å²) in [4.78, 5) is 23.7. The Balaban J connectivity index is 2.09. The van der Waals surface area contributed by atoms with Crippen LogP contribution in [0.25, 0.3) is 0 Å². The molecule has 1 aliphatic rings. The van der Waals surface area contributed by atoms with Crippen molar-refractivity contribution in [2.75, 3.05) is 5.32 Å². The first-order chi connectivity index (χ1) is 9.56. The average molecular weight is 309 g/mol. The van der Waals surface area contributed by atoms with Crippen LogP contribution >= 0.6 is 23.1 Å². The summed E-state index contributed by atoms with van der Waals surface area (Å²) in [5.41, 5.74) is 1.14. The van der Waals surface area contributed by atoms with E-state index in [1.807, 2.05) is 12.1 Å². The number of amides is 1. The van der Waals surface area contributed by atoms with Crippen LogP contribution in [0.4, 0.5) is 5.69 Å². The number of carboxylic acids is 1. The standard InChI is InChI=1S/C13H9ClN2O3S/c14-7-3-1-6(2-4-7)8-5-9(17)15-10-11(13(18)19)16-20-12(8)10/h1-4,8H,5H2,(H,15,17)(H,18,19)/t8-/m1/s1. The number of aromatic carboxylic acids is 1. The maximum Gasteiger partial charge on any atom is 0.357 e. The second kappa shape index (κ2) is 4.88. The minimum atomic E-state index is -1.14. The van der Waals surface area contributed by atoms with Gasteiger partial charge < -0.3 is 10.4 Å². The lowest BCUT2D eigenvalue weighted by Crippen LogP contribution is -2.23. The van der Waals surface area contributed by atoms with Gasteiger partial charge in [0.15, 0.2) is 5.69 Å². The molecular formula is C13H9ClN2O3S. The molecule has 0 spiro atoms. The Kier molecular flexibility index (Phi) is 3.19. The summed E-state index contributed by atoms with van der Waals surface area (Å²) in [7, 11) is 0. The number of rotatable bonds is 2. The summed E-state index contributed by atoms with van der Waals surface area (Å²) in [5, 5.41) is 12.3. The molecule has 2 aromatic rings. The maximum atomic E-state index is 11.8. The number of hydrogen-bond donors (Lipinski definition) is 2. The Morgan fingerprint density at radius 3 is 2.75 bits per heavy atom. The molecule has 7 heteroatoms. The minimum absolute atomic E-state index is 0.1000. The third-order valence-electron chi connectivity index (χ3n) is 3.16. The van der Waals surface area contributed by atoms with Crippen LogP contribution in [0.1, 0.15) is 33.3 Å². The van der Waals surface area contributed by atoms with Gasteiger partial charge in [-0.05, 0) is 29.2 Å². The molecule has 2 heterocycles. The summed E-state index contributed by atoms with van der Waals surface area (Å²) in [6.07, 6.45) is 0.274. The topological polar surface area (TPSA) is 79.3 Å². The van der Waals surface area contributed by atoms with Crippen LogP contribution in [0.2, 0.25) is 5.02 Å². The van der Waals surface area contributed by atoms with Gasteiger partial charge >= 0.3 is 5.97 Å². The highest BCUT2D eigenvalue weighted by Crippen LogP contribution is 2.41. The number of carbonyl (C=O) groups is 2. The van der Waals surface area contributed by atoms with Gasteiger partial charge in [0, 0.05) is 17.4 Å². The fraction of sp³-hybridized carbons (Fsp3) is 0.154. The number of carboxylic acid groups (broad SMARTS) is 1. The number of benzene rings is 1. The highest BCUT2D eigenvalue weighted by atomic mass is 35.5. The maximum absolute atomic E-state index is 11.8. The molecule has 3 rings (SSSR count). The zero-order valence-electron chi connectivity index (χ0n) is 10.1. The zero-order chi connectivity index (χ0) is 14.3. The Labute approximate surface area is 123 Å². The number of aromatic nitrogens is 1. The predicted octanol–water partition coefficient (Wildman–Crippen LogP) is 2.97. The van der Waals surface area contributed by atoms with Crippen molar-refractivity contribution < 1.29 is 14.7 Å². The lowest BCUT2D eigenvalue weighted by atomic mass is 9.90. The molecule has 1 atom stereocenters. The molecule has 5 nitrogen and oxygen atoms in total. The van der Waals surface area contributed by atoms with E-state index in [9.17, 15) is 9.59 Å². The van der Waals surface area contributed by atoms with Crippen molar-refractivity contribution in [2.45, 2.75) is 12.3 Å². The number of fused-ring (bicyclic) bond motifs is 1. The predicted molar refractivity (Wildman–Crippen MR) is 75.6 cm³/mol. The van der Waals surface area contributed by atoms with Crippen LogP contribution in [0.5, 0.6) is 0 Å². The van der Waals surface area contributed by atoms with Gasteiger partial charge in [-0.1, -0.05) is 23.7 Å². The molecule has 1 aromatic carbocycles. The van der Waals surface area contributed by atoms with Crippen molar-refractivity contribution in [3.63, 3.8) is 0 Å². The van der Waals surface area contributed by atoms with Crippen LogP contribution in [-0.4, -0.2) is 21.4 Å². The van der Waals surface area contributed by atoms with Gasteiger partial charge in [-0.2, -0.15) is 4.37 Å². The fourth-order valence-electron chi connectivity index (χ4n) is 2.24. The van der Waals surface area contributed by atoms with Crippen molar-refractivity contribution in [2.24, 2.45) is 0 Å². The van der Waals surface area contributed by atoms with E-state index in [2.05, 4.69) is 9.69 Å². The molecule has 0 saturated heterocycles. The van der Waals surface area contributed by atoms with E-state index in [0.29, 0.717) is 10.7 Å². The fourth-order valence-corrected chi connectivity index (χ4v) is 3.31. The first-order valence-electron chi connectivity index (χ1n) is 5.84. The first kappa shape index (κ1) is 13.1. The summed E-state index contributed by atoms with van der Waals surface area (Å²) in [5.74, 6) is -1.53. The smallest absolute Gasteiger partial charge is 0.357 e. The van der Waals surface area contributed by atoms with Crippen LogP contribution in [0.15, 0.2) is 24.3 Å². The Bertz CT molecular complexity index is 696. The Hall–Kier alpha value is -1.92. The molecule has 2 N–H and O–H groups in total. The number of halogens is 1. The van der Waals surface area contributed by atoms with Gasteiger partial charge in [0.1, 0.15) is 0 Å². The van der Waals surface area contributed by atoms with E-state index in [0.717, 1.165) is 22.0 Å². The quantitative estimate of drug-likeness (QED) is 0.894. The number of nitrogens with one attached hydrogen (secondary N) is 1. The number of hydrogen-bond acceptors (Lipinski definition) is 4. The second-order valence-electron chi connectivity index (χ2n) is 4.43. The molecule has 102 valence electrons. The normalized spacial score (nSPS) is 17.4. The summed E-state index contributed by atoms with van der Waals surface area (Å²) >= 11 is 6.97. The molecule has 0 saturated carbocycles. The van der Waals surface area contributed by atoms with Gasteiger partial charge in [-0.3, -0.25) is 4.79 Å². The minimum Gasteiger partial charge on any atom is -0.476 e. The molecule has 0 fully saturated rings. The molecule has 1 aromatic heterocycles. The van der Waals surface area contributed by atoms with Crippen LogP contribution in [-0.2, 0) is 4.79 Å². The van der Waals surface area contributed by atoms with Crippen molar-refractivity contribution in [1.29, 1.82) is 0 Å². The third kappa shape index (κ3) is 2.17.